The number of thioether (sulfide) groups is 1. The molecule has 0 saturated carbocycles. The summed E-state index contributed by atoms with van der Waals surface area (Å²) in [5.74, 6) is -0.734. The van der Waals surface area contributed by atoms with E-state index in [1.165, 1.54) is 0 Å². The fourth-order valence-corrected chi connectivity index (χ4v) is 3.08. The van der Waals surface area contributed by atoms with Gasteiger partial charge in [0.05, 0.1) is 0 Å². The van der Waals surface area contributed by atoms with Crippen LogP contribution in [0.3, 0.4) is 0 Å². The molecule has 0 saturated heterocycles. The minimum absolute atomic E-state index is 0.353. The first kappa shape index (κ1) is 22.5. The first-order valence-corrected chi connectivity index (χ1v) is 10.7. The van der Waals surface area contributed by atoms with Crippen molar-refractivity contribution in [2.45, 2.75) is 26.3 Å². The Balaban J connectivity index is 1.93. The molecular weight excluding hydrogens is 388 g/mol. The van der Waals surface area contributed by atoms with Crippen molar-refractivity contribution in [1.29, 1.82) is 0 Å². The van der Waals surface area contributed by atoms with Crippen molar-refractivity contribution in [3.8, 4) is 0 Å². The van der Waals surface area contributed by atoms with Crippen LogP contribution in [0.15, 0.2) is 48.5 Å². The van der Waals surface area contributed by atoms with Gasteiger partial charge in [-0.15, -0.1) is 0 Å². The molecule has 29 heavy (non-hydrogen) atoms. The van der Waals surface area contributed by atoms with Gasteiger partial charge in [-0.1, -0.05) is 30.3 Å². The zero-order valence-corrected chi connectivity index (χ0v) is 17.7. The van der Waals surface area contributed by atoms with E-state index in [9.17, 15) is 14.4 Å². The number of benzene rings is 2. The van der Waals surface area contributed by atoms with Gasteiger partial charge >= 0.3 is 5.97 Å². The van der Waals surface area contributed by atoms with Crippen LogP contribution in [0.25, 0.3) is 0 Å². The molecule has 0 aliphatic rings. The molecule has 0 spiro atoms. The second-order valence-electron chi connectivity index (χ2n) is 6.65. The van der Waals surface area contributed by atoms with Crippen LogP contribution in [0.2, 0.25) is 0 Å². The van der Waals surface area contributed by atoms with Gasteiger partial charge in [0.2, 0.25) is 0 Å². The van der Waals surface area contributed by atoms with Gasteiger partial charge in [-0.3, -0.25) is 9.59 Å². The molecule has 2 aromatic rings. The van der Waals surface area contributed by atoms with Crippen molar-refractivity contribution in [1.82, 2.24) is 5.32 Å². The molecule has 154 valence electrons. The highest BCUT2D eigenvalue weighted by atomic mass is 32.2. The molecule has 0 aliphatic heterocycles. The van der Waals surface area contributed by atoms with Gasteiger partial charge in [-0.2, -0.15) is 11.8 Å². The molecule has 0 unspecified atom stereocenters. The lowest BCUT2D eigenvalue weighted by Gasteiger charge is -2.17. The summed E-state index contributed by atoms with van der Waals surface area (Å²) in [4.78, 5) is 37.0. The number of nitrogens with one attached hydrogen (secondary N) is 2. The monoisotopic (exact) mass is 414 g/mol. The summed E-state index contributed by atoms with van der Waals surface area (Å²) in [5, 5.41) is 5.45. The van der Waals surface area contributed by atoms with E-state index >= 15 is 0 Å². The molecule has 2 amide bonds. The highest BCUT2D eigenvalue weighted by molar-refractivity contribution is 7.98. The minimum Gasteiger partial charge on any atom is -0.454 e. The number of amides is 2. The summed E-state index contributed by atoms with van der Waals surface area (Å²) >= 11 is 1.56. The van der Waals surface area contributed by atoms with Gasteiger partial charge in [-0.05, 0) is 61.6 Å². The van der Waals surface area contributed by atoms with Crippen molar-refractivity contribution in [3.05, 3.63) is 65.2 Å². The zero-order chi connectivity index (χ0) is 21.2. The van der Waals surface area contributed by atoms with E-state index in [0.29, 0.717) is 23.4 Å². The summed E-state index contributed by atoms with van der Waals surface area (Å²) in [5.41, 5.74) is 3.08. The van der Waals surface area contributed by atoms with Crippen molar-refractivity contribution in [2.24, 2.45) is 0 Å². The number of hydrogen-bond acceptors (Lipinski definition) is 5. The second kappa shape index (κ2) is 11.3. The Morgan fingerprint density at radius 1 is 1.07 bits per heavy atom. The summed E-state index contributed by atoms with van der Waals surface area (Å²) in [6.07, 6.45) is 2.33. The van der Waals surface area contributed by atoms with Crippen LogP contribution in [0, 0.1) is 13.8 Å². The van der Waals surface area contributed by atoms with Gasteiger partial charge < -0.3 is 15.4 Å². The Labute approximate surface area is 175 Å². The standard InChI is InChI=1S/C22H26N2O4S/c1-15-9-10-16(2)19(13-15)23-20(25)14-28-22(27)18(11-12-29-3)24-21(26)17-7-5-4-6-8-17/h4-10,13,18H,11-12,14H2,1-3H3,(H,23,25)(H,24,26)/t18-/m0/s1. The predicted octanol–water partition coefficient (Wildman–Crippen LogP) is 3.34. The fraction of sp³-hybridized carbons (Fsp3) is 0.318. The molecule has 6 nitrogen and oxygen atoms in total. The lowest BCUT2D eigenvalue weighted by atomic mass is 10.1. The third kappa shape index (κ3) is 7.27. The van der Waals surface area contributed by atoms with Crippen LogP contribution in [0.5, 0.6) is 0 Å². The number of ether oxygens (including phenoxy) is 1. The second-order valence-corrected chi connectivity index (χ2v) is 7.63. The number of carbonyl (C=O) groups is 3. The average Bonchev–Trinajstić information content (AvgIpc) is 2.72. The largest absolute Gasteiger partial charge is 0.454 e. The maximum absolute atomic E-state index is 12.5. The SMILES string of the molecule is CSCC[C@H](NC(=O)c1ccccc1)C(=O)OCC(=O)Nc1cc(C)ccc1C. The maximum Gasteiger partial charge on any atom is 0.329 e. The van der Waals surface area contributed by atoms with Crippen molar-refractivity contribution < 1.29 is 19.1 Å². The van der Waals surface area contributed by atoms with E-state index in [0.717, 1.165) is 11.1 Å². The first-order valence-electron chi connectivity index (χ1n) is 9.29. The van der Waals surface area contributed by atoms with E-state index in [-0.39, 0.29) is 5.91 Å². The summed E-state index contributed by atoms with van der Waals surface area (Å²) in [6, 6.07) is 13.6. The summed E-state index contributed by atoms with van der Waals surface area (Å²) < 4.78 is 5.17. The van der Waals surface area contributed by atoms with Crippen molar-refractivity contribution in [2.75, 3.05) is 23.9 Å². The number of rotatable bonds is 9. The summed E-state index contributed by atoms with van der Waals surface area (Å²) in [6.45, 7) is 3.41. The van der Waals surface area contributed by atoms with Crippen molar-refractivity contribution in [3.63, 3.8) is 0 Å². The van der Waals surface area contributed by atoms with Gasteiger partial charge in [0.25, 0.3) is 11.8 Å². The lowest BCUT2D eigenvalue weighted by molar-refractivity contribution is -0.149. The molecule has 2 aromatic carbocycles. The van der Waals surface area contributed by atoms with Crippen LogP contribution < -0.4 is 10.6 Å². The highest BCUT2D eigenvalue weighted by Gasteiger charge is 2.23. The Morgan fingerprint density at radius 2 is 1.79 bits per heavy atom. The quantitative estimate of drug-likeness (QED) is 0.615. The van der Waals surface area contributed by atoms with E-state index in [1.54, 1.807) is 36.0 Å². The van der Waals surface area contributed by atoms with Crippen LogP contribution in [-0.4, -0.2) is 42.4 Å². The molecule has 0 aliphatic carbocycles. The van der Waals surface area contributed by atoms with Gasteiger partial charge in [-0.25, -0.2) is 4.79 Å². The van der Waals surface area contributed by atoms with Crippen LogP contribution in [0.4, 0.5) is 5.69 Å². The lowest BCUT2D eigenvalue weighted by Crippen LogP contribution is -2.43. The number of hydrogen-bond donors (Lipinski definition) is 2. The Morgan fingerprint density at radius 3 is 2.48 bits per heavy atom. The predicted molar refractivity (Wildman–Crippen MR) is 116 cm³/mol. The molecule has 1 atom stereocenters. The number of esters is 1. The molecule has 0 bridgehead atoms. The third-order valence-corrected chi connectivity index (χ3v) is 4.89. The minimum atomic E-state index is -0.816. The Kier molecular flexibility index (Phi) is 8.73. The first-order chi connectivity index (χ1) is 13.9. The molecule has 0 fully saturated rings. The van der Waals surface area contributed by atoms with Gasteiger partial charge in [0, 0.05) is 11.3 Å². The Hall–Kier alpha value is -2.80. The van der Waals surface area contributed by atoms with Crippen molar-refractivity contribution >= 4 is 35.2 Å². The van der Waals surface area contributed by atoms with Gasteiger partial charge in [0.15, 0.2) is 6.61 Å². The molecule has 0 aromatic heterocycles. The smallest absolute Gasteiger partial charge is 0.329 e. The summed E-state index contributed by atoms with van der Waals surface area (Å²) in [7, 11) is 0. The van der Waals surface area contributed by atoms with Crippen LogP contribution in [0.1, 0.15) is 27.9 Å². The van der Waals surface area contributed by atoms with Crippen LogP contribution >= 0.6 is 11.8 Å². The zero-order valence-electron chi connectivity index (χ0n) is 16.9. The average molecular weight is 415 g/mol. The topological polar surface area (TPSA) is 84.5 Å². The molecular formula is C22H26N2O4S. The van der Waals surface area contributed by atoms with Gasteiger partial charge in [0.1, 0.15) is 6.04 Å². The third-order valence-electron chi connectivity index (χ3n) is 4.25. The number of aryl methyl sites for hydroxylation is 2. The van der Waals surface area contributed by atoms with E-state index in [2.05, 4.69) is 10.6 Å². The maximum atomic E-state index is 12.5. The molecule has 0 heterocycles. The molecule has 2 N–H and O–H groups in total. The molecule has 0 radical (unpaired) electrons. The molecule has 7 heteroatoms. The highest BCUT2D eigenvalue weighted by Crippen LogP contribution is 2.16. The van der Waals surface area contributed by atoms with E-state index in [4.69, 9.17) is 4.74 Å². The van der Waals surface area contributed by atoms with E-state index in [1.807, 2.05) is 44.4 Å². The Bertz CT molecular complexity index is 855. The normalized spacial score (nSPS) is 11.4. The molecule has 2 rings (SSSR count). The van der Waals surface area contributed by atoms with E-state index < -0.39 is 24.5 Å². The number of anilines is 1. The number of carbonyl (C=O) groups excluding carboxylic acids is 3. The van der Waals surface area contributed by atoms with Crippen LogP contribution in [-0.2, 0) is 14.3 Å². The fourth-order valence-electron chi connectivity index (χ4n) is 2.61.